The van der Waals surface area contributed by atoms with E-state index < -0.39 is 0 Å². The van der Waals surface area contributed by atoms with Crippen molar-refractivity contribution < 1.29 is 4.57 Å². The molecule has 1 heterocycles. The highest BCUT2D eigenvalue weighted by molar-refractivity contribution is 5.40. The van der Waals surface area contributed by atoms with Gasteiger partial charge < -0.3 is 14.9 Å². The van der Waals surface area contributed by atoms with Gasteiger partial charge in [0.05, 0.1) is 12.7 Å². The highest BCUT2D eigenvalue weighted by Gasteiger charge is 2.01. The Kier molecular flexibility index (Phi) is 2.33. The summed E-state index contributed by atoms with van der Waals surface area (Å²) in [4.78, 5) is 0. The van der Waals surface area contributed by atoms with Crippen LogP contribution in [-0.4, -0.2) is 4.57 Å². The van der Waals surface area contributed by atoms with Crippen molar-refractivity contribution in [3.8, 4) is 5.69 Å². The van der Waals surface area contributed by atoms with Crippen LogP contribution in [0.5, 0.6) is 0 Å². The molecule has 0 aliphatic rings. The average Bonchev–Trinajstić information content (AvgIpc) is 2.65. The lowest BCUT2D eigenvalue weighted by Gasteiger charge is -2.07. The molecule has 1 aromatic carbocycles. The van der Waals surface area contributed by atoms with E-state index in [-0.39, 0.29) is 0 Å². The molecule has 2 N–H and O–H groups in total. The molecule has 72 valence electrons. The van der Waals surface area contributed by atoms with Gasteiger partial charge in [0, 0.05) is 18.9 Å². The number of imidazole rings is 1. The standard InChI is InChI=1S/C11H13N3/c1-13-6-7-14(9-13)11-5-3-2-4-10(11)8-12/h2-7H,8,12H2,1H3. The second-order valence-electron chi connectivity index (χ2n) is 3.21. The van der Waals surface area contributed by atoms with E-state index in [0.717, 1.165) is 11.3 Å². The molecule has 0 fully saturated rings. The third kappa shape index (κ3) is 1.54. The minimum atomic E-state index is 0.548. The number of rotatable bonds is 2. The molecule has 0 aliphatic heterocycles. The van der Waals surface area contributed by atoms with E-state index in [9.17, 15) is 0 Å². The van der Waals surface area contributed by atoms with Crippen molar-refractivity contribution in [1.82, 2.24) is 4.57 Å². The Labute approximate surface area is 83.4 Å². The van der Waals surface area contributed by atoms with E-state index in [1.807, 2.05) is 52.8 Å². The first-order valence-corrected chi connectivity index (χ1v) is 4.56. The number of hydrogen-bond donors (Lipinski definition) is 1. The predicted molar refractivity (Wildman–Crippen MR) is 53.7 cm³/mol. The smallest absolute Gasteiger partial charge is 0.243 e. The molecule has 1 aromatic heterocycles. The zero-order chi connectivity index (χ0) is 9.97. The number of aryl methyl sites for hydroxylation is 1. The van der Waals surface area contributed by atoms with Crippen molar-refractivity contribution >= 4 is 0 Å². The fourth-order valence-corrected chi connectivity index (χ4v) is 1.46. The number of aromatic nitrogens is 2. The summed E-state index contributed by atoms with van der Waals surface area (Å²) in [6, 6.07) is 8.07. The van der Waals surface area contributed by atoms with Gasteiger partial charge >= 0.3 is 0 Å². The van der Waals surface area contributed by atoms with E-state index in [2.05, 4.69) is 6.33 Å². The molecule has 0 radical (unpaired) electrons. The van der Waals surface area contributed by atoms with Crippen LogP contribution in [0.15, 0.2) is 36.7 Å². The Bertz CT molecular complexity index is 432. The minimum Gasteiger partial charge on any atom is -0.327 e. The van der Waals surface area contributed by atoms with Crippen molar-refractivity contribution in [3.05, 3.63) is 48.5 Å². The van der Waals surface area contributed by atoms with Crippen molar-refractivity contribution in [1.29, 1.82) is 0 Å². The molecule has 14 heavy (non-hydrogen) atoms. The third-order valence-electron chi connectivity index (χ3n) is 2.18. The van der Waals surface area contributed by atoms with Crippen LogP contribution in [0.25, 0.3) is 5.69 Å². The van der Waals surface area contributed by atoms with Crippen LogP contribution in [0.2, 0.25) is 0 Å². The summed E-state index contributed by atoms with van der Waals surface area (Å²) in [7, 11) is 1.95. The van der Waals surface area contributed by atoms with Crippen molar-refractivity contribution in [2.75, 3.05) is 0 Å². The number of benzene rings is 1. The van der Waals surface area contributed by atoms with Crippen LogP contribution in [0.4, 0.5) is 0 Å². The van der Waals surface area contributed by atoms with Crippen molar-refractivity contribution in [2.45, 2.75) is 6.54 Å². The largest absolute Gasteiger partial charge is 0.327 e. The molecule has 0 atom stereocenters. The second kappa shape index (κ2) is 3.64. The first-order valence-electron chi connectivity index (χ1n) is 4.56. The normalized spacial score (nSPS) is 10.4. The average molecular weight is 187 g/mol. The molecule has 2 aromatic rings. The van der Waals surface area contributed by atoms with Gasteiger partial charge in [0.2, 0.25) is 6.33 Å². The molecule has 0 spiro atoms. The first-order chi connectivity index (χ1) is 6.81. The van der Waals surface area contributed by atoms with Gasteiger partial charge in [-0.2, -0.15) is 0 Å². The van der Waals surface area contributed by atoms with Crippen LogP contribution in [-0.2, 0) is 13.6 Å². The van der Waals surface area contributed by atoms with E-state index >= 15 is 0 Å². The zero-order valence-corrected chi connectivity index (χ0v) is 8.14. The predicted octanol–water partition coefficient (Wildman–Crippen LogP) is 0.561. The number of para-hydroxylation sites is 1. The van der Waals surface area contributed by atoms with Gasteiger partial charge in [0.25, 0.3) is 0 Å². The topological polar surface area (TPSA) is 34.8 Å². The summed E-state index contributed by atoms with van der Waals surface area (Å²) in [5, 5.41) is 0. The van der Waals surface area contributed by atoms with Crippen LogP contribution in [0.1, 0.15) is 5.56 Å². The maximum atomic E-state index is 5.66. The minimum absolute atomic E-state index is 0.548. The maximum absolute atomic E-state index is 5.66. The molecule has 0 saturated carbocycles. The lowest BCUT2D eigenvalue weighted by Crippen LogP contribution is -2.24. The highest BCUT2D eigenvalue weighted by Crippen LogP contribution is 2.12. The van der Waals surface area contributed by atoms with Crippen LogP contribution in [0, 0.1) is 6.33 Å². The van der Waals surface area contributed by atoms with E-state index in [1.165, 1.54) is 0 Å². The molecule has 0 bridgehead atoms. The van der Waals surface area contributed by atoms with Crippen LogP contribution >= 0.6 is 0 Å². The quantitative estimate of drug-likeness (QED) is 0.541. The van der Waals surface area contributed by atoms with Gasteiger partial charge in [-0.1, -0.05) is 24.3 Å². The van der Waals surface area contributed by atoms with Crippen molar-refractivity contribution in [3.63, 3.8) is 0 Å². The SMILES string of the molecule is C[n+]1[c-]n(-c2ccccc2CN)cc1. The van der Waals surface area contributed by atoms with Gasteiger partial charge in [-0.3, -0.25) is 0 Å². The Balaban J connectivity index is 2.50. The maximum Gasteiger partial charge on any atom is 0.243 e. The fraction of sp³-hybridized carbons (Fsp3) is 0.182. The Morgan fingerprint density at radius 3 is 2.86 bits per heavy atom. The number of hydrogen-bond acceptors (Lipinski definition) is 1. The highest BCUT2D eigenvalue weighted by atomic mass is 15.1. The Hall–Kier alpha value is -1.61. The molecule has 2 rings (SSSR count). The fourth-order valence-electron chi connectivity index (χ4n) is 1.46. The van der Waals surface area contributed by atoms with Gasteiger partial charge in [0.1, 0.15) is 0 Å². The first kappa shape index (κ1) is 8.97. The second-order valence-corrected chi connectivity index (χ2v) is 3.21. The van der Waals surface area contributed by atoms with Crippen LogP contribution in [0.3, 0.4) is 0 Å². The van der Waals surface area contributed by atoms with E-state index in [4.69, 9.17) is 5.73 Å². The van der Waals surface area contributed by atoms with E-state index in [0.29, 0.717) is 6.54 Å². The summed E-state index contributed by atoms with van der Waals surface area (Å²) in [5.41, 5.74) is 7.88. The van der Waals surface area contributed by atoms with Gasteiger partial charge in [0.15, 0.2) is 0 Å². The van der Waals surface area contributed by atoms with Gasteiger partial charge in [-0.05, 0) is 5.56 Å². The number of nitrogens with zero attached hydrogens (tertiary/aromatic N) is 2. The van der Waals surface area contributed by atoms with Gasteiger partial charge in [-0.25, -0.2) is 0 Å². The number of nitrogens with two attached hydrogens (primary N) is 1. The Morgan fingerprint density at radius 1 is 1.43 bits per heavy atom. The van der Waals surface area contributed by atoms with Crippen molar-refractivity contribution in [2.24, 2.45) is 12.8 Å². The monoisotopic (exact) mass is 187 g/mol. The zero-order valence-electron chi connectivity index (χ0n) is 8.14. The molecule has 3 nitrogen and oxygen atoms in total. The molecular weight excluding hydrogens is 174 g/mol. The summed E-state index contributed by atoms with van der Waals surface area (Å²) in [6.07, 6.45) is 7.06. The summed E-state index contributed by atoms with van der Waals surface area (Å²) in [6.45, 7) is 0.548. The molecule has 0 amide bonds. The Morgan fingerprint density at radius 2 is 2.21 bits per heavy atom. The lowest BCUT2D eigenvalue weighted by atomic mass is 10.2. The molecule has 3 heteroatoms. The lowest BCUT2D eigenvalue weighted by molar-refractivity contribution is -0.674. The molecule has 0 aliphatic carbocycles. The molecular formula is C11H13N3. The summed E-state index contributed by atoms with van der Waals surface area (Å²) in [5.74, 6) is 0. The molecule has 0 saturated heterocycles. The third-order valence-corrected chi connectivity index (χ3v) is 2.18. The summed E-state index contributed by atoms with van der Waals surface area (Å²) < 4.78 is 3.83. The molecule has 0 unspecified atom stereocenters. The van der Waals surface area contributed by atoms with E-state index in [1.54, 1.807) is 0 Å². The van der Waals surface area contributed by atoms with Gasteiger partial charge in [-0.15, -0.1) is 0 Å². The summed E-state index contributed by atoms with van der Waals surface area (Å²) >= 11 is 0. The van der Waals surface area contributed by atoms with Crippen LogP contribution < -0.4 is 10.3 Å².